The SMILES string of the molecule is CC(Br)COP(=O)(OCCCl)OCC(C)(C)CBr. The fourth-order valence-corrected chi connectivity index (χ4v) is 2.88. The lowest BCUT2D eigenvalue weighted by atomic mass is 9.99. The molecular weight excluding hydrogens is 410 g/mol. The molecule has 0 saturated carbocycles. The second-order valence-electron chi connectivity index (χ2n) is 4.62. The lowest BCUT2D eigenvalue weighted by molar-refractivity contribution is 0.0915. The van der Waals surface area contributed by atoms with Gasteiger partial charge in [-0.1, -0.05) is 52.6 Å². The van der Waals surface area contributed by atoms with E-state index in [4.69, 9.17) is 25.2 Å². The number of halogens is 3. The third-order valence-electron chi connectivity index (χ3n) is 1.76. The van der Waals surface area contributed by atoms with Crippen molar-refractivity contribution in [1.29, 1.82) is 0 Å². The number of hydrogen-bond acceptors (Lipinski definition) is 4. The van der Waals surface area contributed by atoms with E-state index in [-0.39, 0.29) is 35.9 Å². The highest BCUT2D eigenvalue weighted by molar-refractivity contribution is 9.09. The summed E-state index contributed by atoms with van der Waals surface area (Å²) in [7, 11) is -3.53. The van der Waals surface area contributed by atoms with Crippen molar-refractivity contribution in [2.45, 2.75) is 25.6 Å². The van der Waals surface area contributed by atoms with Crippen LogP contribution in [0.25, 0.3) is 0 Å². The Morgan fingerprint density at radius 2 is 1.94 bits per heavy atom. The van der Waals surface area contributed by atoms with E-state index in [2.05, 4.69) is 31.9 Å². The Kier molecular flexibility index (Phi) is 10.0. The minimum absolute atomic E-state index is 0.0678. The Hall–Kier alpha value is 1.36. The van der Waals surface area contributed by atoms with Crippen LogP contribution in [0.2, 0.25) is 0 Å². The zero-order chi connectivity index (χ0) is 14.2. The molecule has 2 atom stereocenters. The predicted octanol–water partition coefficient (Wildman–Crippen LogP) is 4.59. The molecule has 0 amide bonds. The third-order valence-corrected chi connectivity index (χ3v) is 5.11. The Labute approximate surface area is 131 Å². The fraction of sp³-hybridized carbons (Fsp3) is 1.00. The monoisotopic (exact) mass is 428 g/mol. The van der Waals surface area contributed by atoms with Crippen LogP contribution in [0.3, 0.4) is 0 Å². The van der Waals surface area contributed by atoms with E-state index in [1.807, 2.05) is 20.8 Å². The maximum Gasteiger partial charge on any atom is 0.474 e. The molecule has 0 fully saturated rings. The van der Waals surface area contributed by atoms with Gasteiger partial charge in [0.1, 0.15) is 0 Å². The van der Waals surface area contributed by atoms with Gasteiger partial charge in [-0.3, -0.25) is 13.6 Å². The first kappa shape index (κ1) is 19.4. The van der Waals surface area contributed by atoms with Gasteiger partial charge in [-0.25, -0.2) is 4.57 Å². The van der Waals surface area contributed by atoms with E-state index in [1.165, 1.54) is 0 Å². The van der Waals surface area contributed by atoms with Crippen LogP contribution >= 0.6 is 51.3 Å². The first-order chi connectivity index (χ1) is 8.24. The molecule has 110 valence electrons. The molecule has 18 heavy (non-hydrogen) atoms. The molecular formula is C10H20Br2ClO4P. The highest BCUT2D eigenvalue weighted by Crippen LogP contribution is 2.50. The summed E-state index contributed by atoms with van der Waals surface area (Å²) >= 11 is 12.2. The standard InChI is InChI=1S/C10H20Br2ClO4P/c1-9(12)6-16-18(14,15-5-4-13)17-8-10(2,3)7-11/h9H,4-8H2,1-3H3. The number of phosphoric ester groups is 1. The van der Waals surface area contributed by atoms with E-state index in [1.54, 1.807) is 0 Å². The van der Waals surface area contributed by atoms with Crippen molar-refractivity contribution < 1.29 is 18.1 Å². The van der Waals surface area contributed by atoms with E-state index in [9.17, 15) is 4.57 Å². The Balaban J connectivity index is 4.42. The summed E-state index contributed by atoms with van der Waals surface area (Å²) in [5.41, 5.74) is -0.149. The van der Waals surface area contributed by atoms with E-state index >= 15 is 0 Å². The Bertz CT molecular complexity index is 277. The summed E-state index contributed by atoms with van der Waals surface area (Å²) < 4.78 is 28.0. The van der Waals surface area contributed by atoms with Crippen molar-refractivity contribution in [3.05, 3.63) is 0 Å². The summed E-state index contributed by atoms with van der Waals surface area (Å²) in [5, 5.41) is 0.727. The molecule has 0 N–H and O–H groups in total. The van der Waals surface area contributed by atoms with Crippen LogP contribution in [0.5, 0.6) is 0 Å². The lowest BCUT2D eigenvalue weighted by Gasteiger charge is -2.25. The van der Waals surface area contributed by atoms with E-state index in [0.717, 1.165) is 5.33 Å². The molecule has 0 aliphatic rings. The average molecular weight is 431 g/mol. The minimum Gasteiger partial charge on any atom is -0.286 e. The topological polar surface area (TPSA) is 44.8 Å². The zero-order valence-electron chi connectivity index (χ0n) is 10.8. The number of phosphoric acid groups is 1. The van der Waals surface area contributed by atoms with Crippen LogP contribution in [0.1, 0.15) is 20.8 Å². The van der Waals surface area contributed by atoms with Crippen LogP contribution in [0, 0.1) is 5.41 Å². The molecule has 0 aliphatic heterocycles. The highest BCUT2D eigenvalue weighted by Gasteiger charge is 2.30. The zero-order valence-corrected chi connectivity index (χ0v) is 15.6. The summed E-state index contributed by atoms with van der Waals surface area (Å²) in [5.74, 6) is 0.239. The molecule has 0 rings (SSSR count). The number of rotatable bonds is 10. The first-order valence-corrected chi connectivity index (χ1v) is 9.57. The molecule has 4 nitrogen and oxygen atoms in total. The lowest BCUT2D eigenvalue weighted by Crippen LogP contribution is -2.21. The smallest absolute Gasteiger partial charge is 0.286 e. The first-order valence-electron chi connectivity index (χ1n) is 5.54. The van der Waals surface area contributed by atoms with Crippen molar-refractivity contribution in [3.63, 3.8) is 0 Å². The summed E-state index contributed by atoms with van der Waals surface area (Å²) in [6.07, 6.45) is 0. The van der Waals surface area contributed by atoms with Crippen LogP contribution in [0.15, 0.2) is 0 Å². The quantitative estimate of drug-likeness (QED) is 0.376. The van der Waals surface area contributed by atoms with Gasteiger partial charge >= 0.3 is 7.82 Å². The molecule has 0 radical (unpaired) electrons. The van der Waals surface area contributed by atoms with Crippen molar-refractivity contribution in [2.24, 2.45) is 5.41 Å². The van der Waals surface area contributed by atoms with Gasteiger partial charge in [-0.05, 0) is 5.41 Å². The van der Waals surface area contributed by atoms with Gasteiger partial charge in [0, 0.05) is 16.0 Å². The third kappa shape index (κ3) is 9.29. The molecule has 0 bridgehead atoms. The summed E-state index contributed by atoms with van der Waals surface area (Å²) in [6.45, 7) is 6.50. The Morgan fingerprint density at radius 3 is 2.39 bits per heavy atom. The average Bonchev–Trinajstić information content (AvgIpc) is 2.32. The number of alkyl halides is 3. The van der Waals surface area contributed by atoms with Crippen LogP contribution in [-0.2, 0) is 18.1 Å². The van der Waals surface area contributed by atoms with E-state index < -0.39 is 7.82 Å². The van der Waals surface area contributed by atoms with Crippen LogP contribution < -0.4 is 0 Å². The summed E-state index contributed by atoms with van der Waals surface area (Å²) in [6, 6.07) is 0. The molecule has 8 heteroatoms. The molecule has 0 saturated heterocycles. The molecule has 0 aliphatic carbocycles. The molecule has 0 aromatic carbocycles. The van der Waals surface area contributed by atoms with E-state index in [0.29, 0.717) is 0 Å². The molecule has 0 aromatic rings. The second kappa shape index (κ2) is 9.32. The molecule has 0 heterocycles. The molecule has 0 aromatic heterocycles. The molecule has 0 spiro atoms. The Morgan fingerprint density at radius 1 is 1.33 bits per heavy atom. The van der Waals surface area contributed by atoms with Gasteiger partial charge in [0.2, 0.25) is 0 Å². The largest absolute Gasteiger partial charge is 0.474 e. The van der Waals surface area contributed by atoms with Crippen molar-refractivity contribution >= 4 is 51.3 Å². The van der Waals surface area contributed by atoms with Crippen molar-refractivity contribution in [1.82, 2.24) is 0 Å². The van der Waals surface area contributed by atoms with Gasteiger partial charge in [0.15, 0.2) is 0 Å². The maximum absolute atomic E-state index is 12.3. The fourth-order valence-electron chi connectivity index (χ4n) is 0.744. The number of hydrogen-bond donors (Lipinski definition) is 0. The van der Waals surface area contributed by atoms with Crippen molar-refractivity contribution in [3.8, 4) is 0 Å². The van der Waals surface area contributed by atoms with Gasteiger partial charge < -0.3 is 0 Å². The van der Waals surface area contributed by atoms with Gasteiger partial charge in [-0.15, -0.1) is 11.6 Å². The predicted molar refractivity (Wildman–Crippen MR) is 82.1 cm³/mol. The van der Waals surface area contributed by atoms with Crippen LogP contribution in [-0.4, -0.2) is 35.9 Å². The highest BCUT2D eigenvalue weighted by atomic mass is 79.9. The van der Waals surface area contributed by atoms with Gasteiger partial charge in [0.05, 0.1) is 19.8 Å². The van der Waals surface area contributed by atoms with Crippen molar-refractivity contribution in [2.75, 3.05) is 31.0 Å². The molecule has 2 unspecified atom stereocenters. The normalized spacial score (nSPS) is 17.4. The minimum atomic E-state index is -3.53. The maximum atomic E-state index is 12.3. The summed E-state index contributed by atoms with van der Waals surface area (Å²) in [4.78, 5) is 0.0678. The second-order valence-corrected chi connectivity index (χ2v) is 8.79. The van der Waals surface area contributed by atoms with Gasteiger partial charge in [0.25, 0.3) is 0 Å². The van der Waals surface area contributed by atoms with Gasteiger partial charge in [-0.2, -0.15) is 0 Å². The van der Waals surface area contributed by atoms with Crippen LogP contribution in [0.4, 0.5) is 0 Å².